The standard InChI is InChI=1S/C11H14FN3OS/c12-8-2-1-3-9(10(8)14-11(13)17)15-4-6-16-7-5-15/h1-3H,4-7H2,(H3,13,14,17). The normalized spacial score (nSPS) is 15.7. The molecule has 1 aromatic rings. The molecule has 2 rings (SSSR count). The zero-order valence-electron chi connectivity index (χ0n) is 9.28. The number of thiocarbonyl (C=S) groups is 1. The summed E-state index contributed by atoms with van der Waals surface area (Å²) < 4.78 is 19.0. The Bertz CT molecular complexity index is 421. The molecular formula is C11H14FN3OS. The fourth-order valence-electron chi connectivity index (χ4n) is 1.83. The monoisotopic (exact) mass is 255 g/mol. The first-order valence-electron chi connectivity index (χ1n) is 5.36. The molecule has 1 heterocycles. The van der Waals surface area contributed by atoms with Crippen LogP contribution in [0.15, 0.2) is 18.2 Å². The van der Waals surface area contributed by atoms with Crippen molar-refractivity contribution in [2.24, 2.45) is 5.73 Å². The van der Waals surface area contributed by atoms with Gasteiger partial charge in [0.1, 0.15) is 11.5 Å². The van der Waals surface area contributed by atoms with Crippen molar-refractivity contribution in [2.45, 2.75) is 0 Å². The molecule has 1 aliphatic heterocycles. The lowest BCUT2D eigenvalue weighted by Crippen LogP contribution is -2.37. The Morgan fingerprint density at radius 1 is 1.41 bits per heavy atom. The Balaban J connectivity index is 2.30. The minimum atomic E-state index is -0.359. The second-order valence-corrected chi connectivity index (χ2v) is 4.16. The quantitative estimate of drug-likeness (QED) is 0.781. The summed E-state index contributed by atoms with van der Waals surface area (Å²) in [5.41, 5.74) is 6.50. The predicted octanol–water partition coefficient (Wildman–Crippen LogP) is 1.32. The molecule has 1 fully saturated rings. The first-order valence-corrected chi connectivity index (χ1v) is 5.77. The number of nitrogens with two attached hydrogens (primary N) is 1. The van der Waals surface area contributed by atoms with Crippen molar-refractivity contribution in [2.75, 3.05) is 36.5 Å². The van der Waals surface area contributed by atoms with Crippen LogP contribution in [0.25, 0.3) is 0 Å². The topological polar surface area (TPSA) is 50.5 Å². The van der Waals surface area contributed by atoms with Gasteiger partial charge in [-0.2, -0.15) is 0 Å². The van der Waals surface area contributed by atoms with Crippen LogP contribution in [0.5, 0.6) is 0 Å². The zero-order valence-corrected chi connectivity index (χ0v) is 10.1. The number of hydrogen-bond donors (Lipinski definition) is 2. The van der Waals surface area contributed by atoms with Gasteiger partial charge < -0.3 is 20.7 Å². The van der Waals surface area contributed by atoms with E-state index in [2.05, 4.69) is 5.32 Å². The molecule has 0 unspecified atom stereocenters. The SMILES string of the molecule is NC(=S)Nc1c(F)cccc1N1CCOCC1. The number of ether oxygens (including phenoxy) is 1. The molecule has 6 heteroatoms. The number of anilines is 2. The lowest BCUT2D eigenvalue weighted by Gasteiger charge is -2.30. The molecule has 0 amide bonds. The van der Waals surface area contributed by atoms with Crippen LogP contribution < -0.4 is 16.0 Å². The van der Waals surface area contributed by atoms with Crippen LogP contribution in [0, 0.1) is 5.82 Å². The van der Waals surface area contributed by atoms with Gasteiger partial charge >= 0.3 is 0 Å². The number of hydrogen-bond acceptors (Lipinski definition) is 3. The van der Waals surface area contributed by atoms with Crippen molar-refractivity contribution < 1.29 is 9.13 Å². The van der Waals surface area contributed by atoms with Crippen molar-refractivity contribution in [3.63, 3.8) is 0 Å². The molecule has 0 aromatic heterocycles. The maximum atomic E-state index is 13.7. The van der Waals surface area contributed by atoms with Crippen molar-refractivity contribution in [3.8, 4) is 0 Å². The maximum Gasteiger partial charge on any atom is 0.168 e. The first-order chi connectivity index (χ1) is 8.18. The summed E-state index contributed by atoms with van der Waals surface area (Å²) in [6, 6.07) is 4.89. The van der Waals surface area contributed by atoms with Gasteiger partial charge in [-0.1, -0.05) is 6.07 Å². The summed E-state index contributed by atoms with van der Waals surface area (Å²) in [4.78, 5) is 2.05. The molecule has 0 bridgehead atoms. The molecule has 0 saturated carbocycles. The molecule has 3 N–H and O–H groups in total. The molecule has 0 spiro atoms. The van der Waals surface area contributed by atoms with Crippen LogP contribution in [0.4, 0.5) is 15.8 Å². The van der Waals surface area contributed by atoms with Crippen molar-refractivity contribution in [1.82, 2.24) is 0 Å². The van der Waals surface area contributed by atoms with Crippen molar-refractivity contribution in [3.05, 3.63) is 24.0 Å². The molecule has 0 radical (unpaired) electrons. The predicted molar refractivity (Wildman–Crippen MR) is 69.8 cm³/mol. The van der Waals surface area contributed by atoms with Gasteiger partial charge in [0.25, 0.3) is 0 Å². The third-order valence-corrected chi connectivity index (χ3v) is 2.69. The Morgan fingerprint density at radius 2 is 2.12 bits per heavy atom. The Hall–Kier alpha value is -1.40. The molecule has 4 nitrogen and oxygen atoms in total. The van der Waals surface area contributed by atoms with E-state index in [0.717, 1.165) is 18.8 Å². The highest BCUT2D eigenvalue weighted by atomic mass is 32.1. The van der Waals surface area contributed by atoms with Crippen LogP contribution in [0.2, 0.25) is 0 Å². The highest BCUT2D eigenvalue weighted by Gasteiger charge is 2.17. The summed E-state index contributed by atoms with van der Waals surface area (Å²) in [6.45, 7) is 2.75. The largest absolute Gasteiger partial charge is 0.378 e. The summed E-state index contributed by atoms with van der Waals surface area (Å²) in [7, 11) is 0. The van der Waals surface area contributed by atoms with E-state index < -0.39 is 0 Å². The summed E-state index contributed by atoms with van der Waals surface area (Å²) in [5, 5.41) is 2.75. The van der Waals surface area contributed by atoms with Gasteiger partial charge in [0, 0.05) is 13.1 Å². The number of halogens is 1. The van der Waals surface area contributed by atoms with E-state index >= 15 is 0 Å². The van der Waals surface area contributed by atoms with Crippen molar-refractivity contribution >= 4 is 28.7 Å². The number of morpholine rings is 1. The second kappa shape index (κ2) is 5.29. The average molecular weight is 255 g/mol. The smallest absolute Gasteiger partial charge is 0.168 e. The van der Waals surface area contributed by atoms with Gasteiger partial charge in [0.15, 0.2) is 5.11 Å². The molecule has 1 aliphatic rings. The maximum absolute atomic E-state index is 13.7. The van der Waals surface area contributed by atoms with Gasteiger partial charge in [-0.05, 0) is 24.4 Å². The van der Waals surface area contributed by atoms with Crippen LogP contribution >= 0.6 is 12.2 Å². The molecular weight excluding hydrogens is 241 g/mol. The van der Waals surface area contributed by atoms with E-state index in [1.807, 2.05) is 11.0 Å². The molecule has 0 aliphatic carbocycles. The number of nitrogens with zero attached hydrogens (tertiary/aromatic N) is 1. The number of rotatable bonds is 2. The third-order valence-electron chi connectivity index (χ3n) is 2.59. The summed E-state index contributed by atoms with van der Waals surface area (Å²) in [6.07, 6.45) is 0. The van der Waals surface area contributed by atoms with Gasteiger partial charge in [0.05, 0.1) is 18.9 Å². The lowest BCUT2D eigenvalue weighted by molar-refractivity contribution is 0.122. The summed E-state index contributed by atoms with van der Waals surface area (Å²) >= 11 is 4.75. The third kappa shape index (κ3) is 2.83. The van der Waals surface area contributed by atoms with Gasteiger partial charge in [-0.3, -0.25) is 0 Å². The van der Waals surface area contributed by atoms with E-state index in [4.69, 9.17) is 22.7 Å². The molecule has 1 saturated heterocycles. The van der Waals surface area contributed by atoms with Crippen molar-refractivity contribution in [1.29, 1.82) is 0 Å². The van der Waals surface area contributed by atoms with E-state index in [-0.39, 0.29) is 10.9 Å². The van der Waals surface area contributed by atoms with Crippen LogP contribution in [0.1, 0.15) is 0 Å². The van der Waals surface area contributed by atoms with E-state index in [1.165, 1.54) is 6.07 Å². The van der Waals surface area contributed by atoms with Gasteiger partial charge in [0.2, 0.25) is 0 Å². The highest BCUT2D eigenvalue weighted by molar-refractivity contribution is 7.80. The van der Waals surface area contributed by atoms with Gasteiger partial charge in [-0.15, -0.1) is 0 Å². The van der Waals surface area contributed by atoms with Crippen LogP contribution in [-0.4, -0.2) is 31.4 Å². The second-order valence-electron chi connectivity index (χ2n) is 3.72. The lowest BCUT2D eigenvalue weighted by atomic mass is 10.2. The number of para-hydroxylation sites is 1. The minimum Gasteiger partial charge on any atom is -0.378 e. The highest BCUT2D eigenvalue weighted by Crippen LogP contribution is 2.29. The van der Waals surface area contributed by atoms with Gasteiger partial charge in [-0.25, -0.2) is 4.39 Å². The number of nitrogens with one attached hydrogen (secondary N) is 1. The molecule has 92 valence electrons. The fourth-order valence-corrected chi connectivity index (χ4v) is 1.93. The Kier molecular flexibility index (Phi) is 3.75. The zero-order chi connectivity index (χ0) is 12.3. The summed E-state index contributed by atoms with van der Waals surface area (Å²) in [5.74, 6) is -0.359. The van der Waals surface area contributed by atoms with Crippen LogP contribution in [0.3, 0.4) is 0 Å². The van der Waals surface area contributed by atoms with E-state index in [1.54, 1.807) is 6.07 Å². The average Bonchev–Trinajstić information content (AvgIpc) is 2.32. The fraction of sp³-hybridized carbons (Fsp3) is 0.364. The minimum absolute atomic E-state index is 0.0598. The Morgan fingerprint density at radius 3 is 2.76 bits per heavy atom. The molecule has 1 aromatic carbocycles. The molecule has 0 atom stereocenters. The van der Waals surface area contributed by atoms with E-state index in [0.29, 0.717) is 18.9 Å². The van der Waals surface area contributed by atoms with Crippen LogP contribution in [-0.2, 0) is 4.74 Å². The molecule has 17 heavy (non-hydrogen) atoms. The number of benzene rings is 1. The van der Waals surface area contributed by atoms with E-state index in [9.17, 15) is 4.39 Å². The Labute approximate surface area is 105 Å². The first kappa shape index (κ1) is 12.1.